The third-order valence-corrected chi connectivity index (χ3v) is 39.5. The molecule has 0 fully saturated rings. The molecule has 0 atom stereocenters. The summed E-state index contributed by atoms with van der Waals surface area (Å²) in [6.07, 6.45) is 0. The number of imidazole rings is 3. The number of benzene rings is 24. The van der Waals surface area contributed by atoms with Gasteiger partial charge in [-0.25, -0.2) is 15.0 Å². The Morgan fingerprint density at radius 2 is 0.376 bits per heavy atom. The van der Waals surface area contributed by atoms with Gasteiger partial charge in [-0.05, 0) is 206 Å². The zero-order valence-electron chi connectivity index (χ0n) is 80.6. The lowest BCUT2D eigenvalue weighted by molar-refractivity contribution is 0.591. The first-order chi connectivity index (χ1) is 73.5. The molecule has 0 N–H and O–H groups in total. The van der Waals surface area contributed by atoms with Crippen LogP contribution in [0.4, 0.5) is 0 Å². The predicted octanol–water partition coefficient (Wildman–Crippen LogP) is 31.7. The minimum atomic E-state index is -3.06. The van der Waals surface area contributed by atoms with Crippen molar-refractivity contribution in [1.82, 2.24) is 28.2 Å². The molecule has 0 saturated carbocycles. The van der Waals surface area contributed by atoms with Crippen molar-refractivity contribution in [1.29, 1.82) is 0 Å². The van der Waals surface area contributed by atoms with Crippen LogP contribution in [0.3, 0.4) is 0 Å². The summed E-state index contributed by atoms with van der Waals surface area (Å²) in [5.74, 6) is 0. The molecule has 0 bridgehead atoms. The Balaban J connectivity index is 0.000000108. The SMILES string of the molecule is O=P(c1ccccc1)(c1ccccc1)c1ccc(-c2ccc(-c3ccc4c(c3)c3ccc5ccccc5c3c3nc5ccccc5n43)cc2)cc1.O=P(c1ccccc1)(c1ccccc1)c1ccc2cc(-c3ccc4c(c3)c3ccc5ccccc5c3c3nc5ccccc5n43)ccc2c1.O=P(c1ccccc1)(c1ccccc1)c1ccc2cc(-c3ccc4c5ccc6ccccc6c5c5nc6ccccc6n5c4c3)ccc2c1. The minimum Gasteiger partial charge on any atom is -0.309 e. The average Bonchev–Trinajstić information content (AvgIpc) is 1.58. The Hall–Kier alpha value is -18.3. The van der Waals surface area contributed by atoms with E-state index < -0.39 is 21.4 Å². The molecule has 30 aromatic rings. The molecule has 0 spiro atoms. The predicted molar refractivity (Wildman–Crippen MR) is 631 cm³/mol. The van der Waals surface area contributed by atoms with Gasteiger partial charge in [0.05, 0.1) is 49.7 Å². The fourth-order valence-corrected chi connectivity index (χ4v) is 31.0. The zero-order chi connectivity index (χ0) is 99.0. The van der Waals surface area contributed by atoms with Gasteiger partial charge < -0.3 is 13.7 Å². The highest BCUT2D eigenvalue weighted by molar-refractivity contribution is 7.86. The number of nitrogens with zero attached hydrogens (tertiary/aromatic N) is 6. The van der Waals surface area contributed by atoms with Crippen LogP contribution >= 0.6 is 21.4 Å². The summed E-state index contributed by atoms with van der Waals surface area (Å²) >= 11 is 0. The maximum Gasteiger partial charge on any atom is 0.171 e. The number of hydrogen-bond donors (Lipinski definition) is 0. The first kappa shape index (κ1) is 88.4. The number of pyridine rings is 3. The lowest BCUT2D eigenvalue weighted by atomic mass is 9.96. The third-order valence-electron chi connectivity index (χ3n) is 30.3. The minimum absolute atomic E-state index is 0.830. The van der Waals surface area contributed by atoms with Crippen molar-refractivity contribution in [3.8, 4) is 44.5 Å². The van der Waals surface area contributed by atoms with E-state index in [1.165, 1.54) is 80.8 Å². The lowest BCUT2D eigenvalue weighted by Gasteiger charge is -2.20. The molecular weight excluding hydrogens is 1870 g/mol. The van der Waals surface area contributed by atoms with E-state index in [1.54, 1.807) is 0 Å². The standard InChI is InChI=1S/C47H31N2OP.2C45H29N2OP/c50-51(37-12-3-1-4-13-37,38-14-5-2-6-15-38)39-27-23-33(24-28-39)32-19-21-34(22-20-32)36-26-30-44-42(31-36)41-29-25-35-11-7-8-16-40(35)46(41)47-48-43-17-9-10-18-45(43)49(44)47;48-49(35-12-3-1-4-13-35,36-14-5-2-6-15-36)37-24-21-32-27-31(19-20-33(32)28-37)34-23-25-39-40-26-22-30-11-7-8-16-38(30)44(40)45-46-41-17-9-10-18-42(41)47(45)43(39)29-34;48-49(35-12-3-1-4-13-35,36-14-5-2-6-15-36)37-24-21-32-27-31(19-20-33(32)28-37)34-23-26-42-40(29-34)39-25-22-30-11-7-8-16-38(30)44(39)45-46-41-17-9-10-18-43(41)47(42)45/h1-31H;2*1-29H. The van der Waals surface area contributed by atoms with Gasteiger partial charge in [0.25, 0.3) is 0 Å². The Morgan fingerprint density at radius 3 is 0.752 bits per heavy atom. The summed E-state index contributed by atoms with van der Waals surface area (Å²) in [5, 5.41) is 29.9. The monoisotopic (exact) mass is 1960 g/mol. The molecule has 12 heteroatoms. The second-order valence-electron chi connectivity index (χ2n) is 38.6. The molecule has 0 aliphatic heterocycles. The Labute approximate surface area is 858 Å². The van der Waals surface area contributed by atoms with Crippen LogP contribution in [-0.4, -0.2) is 28.2 Å². The number of fused-ring (bicyclic) bond motifs is 32. The second-order valence-corrected chi connectivity index (χ2v) is 46.9. The van der Waals surface area contributed by atoms with Crippen LogP contribution < -0.4 is 47.7 Å². The maximum absolute atomic E-state index is 15.0. The van der Waals surface area contributed by atoms with Crippen molar-refractivity contribution in [2.75, 3.05) is 0 Å². The summed E-state index contributed by atoms with van der Waals surface area (Å²) in [7, 11) is -9.14. The number of aromatic nitrogens is 6. The topological polar surface area (TPSA) is 103 Å². The number of hydrogen-bond acceptors (Lipinski definition) is 6. The normalized spacial score (nSPS) is 12.1. The first-order valence-electron chi connectivity index (χ1n) is 50.4. The highest BCUT2D eigenvalue weighted by Crippen LogP contribution is 2.50. The summed E-state index contributed by atoms with van der Waals surface area (Å²) in [4.78, 5) is 15.5. The van der Waals surface area contributed by atoms with Gasteiger partial charge in [-0.15, -0.1) is 0 Å². The van der Waals surface area contributed by atoms with Crippen molar-refractivity contribution < 1.29 is 13.7 Å². The van der Waals surface area contributed by atoms with Gasteiger partial charge in [0, 0.05) is 80.1 Å². The van der Waals surface area contributed by atoms with Crippen molar-refractivity contribution in [3.63, 3.8) is 0 Å². The summed E-state index contributed by atoms with van der Waals surface area (Å²) in [6.45, 7) is 0. The summed E-state index contributed by atoms with van der Waals surface area (Å²) in [5.41, 5.74) is 21.7. The van der Waals surface area contributed by atoms with Gasteiger partial charge in [-0.3, -0.25) is 13.2 Å². The molecule has 24 aromatic carbocycles. The van der Waals surface area contributed by atoms with Crippen LogP contribution in [0.2, 0.25) is 0 Å². The zero-order valence-corrected chi connectivity index (χ0v) is 83.3. The molecule has 0 aliphatic rings. The Kier molecular flexibility index (Phi) is 21.3. The van der Waals surface area contributed by atoms with Crippen LogP contribution in [0.5, 0.6) is 0 Å². The number of para-hydroxylation sites is 6. The van der Waals surface area contributed by atoms with E-state index in [1.807, 2.05) is 206 Å². The third kappa shape index (κ3) is 14.7. The molecule has 0 amide bonds. The van der Waals surface area contributed by atoms with Crippen LogP contribution in [0.1, 0.15) is 0 Å². The molecular formula is C137H89N6O3P3. The molecule has 149 heavy (non-hydrogen) atoms. The quantitative estimate of drug-likeness (QED) is 0.0842. The van der Waals surface area contributed by atoms with Crippen molar-refractivity contribution in [3.05, 3.63) is 540 Å². The van der Waals surface area contributed by atoms with E-state index in [-0.39, 0.29) is 0 Å². The van der Waals surface area contributed by atoms with E-state index >= 15 is 9.13 Å². The fourth-order valence-electron chi connectivity index (χ4n) is 23.0. The van der Waals surface area contributed by atoms with E-state index in [0.29, 0.717) is 0 Å². The van der Waals surface area contributed by atoms with Gasteiger partial charge >= 0.3 is 0 Å². The van der Waals surface area contributed by atoms with Gasteiger partial charge in [0.1, 0.15) is 16.9 Å². The van der Waals surface area contributed by atoms with E-state index in [4.69, 9.17) is 15.0 Å². The van der Waals surface area contributed by atoms with Gasteiger partial charge in [0.2, 0.25) is 0 Å². The van der Waals surface area contributed by atoms with Gasteiger partial charge in [-0.1, -0.05) is 449 Å². The first-order valence-corrected chi connectivity index (χ1v) is 55.5. The fraction of sp³-hybridized carbons (Fsp3) is 0. The average molecular weight is 1960 g/mol. The molecule has 0 unspecified atom stereocenters. The molecule has 30 rings (SSSR count). The van der Waals surface area contributed by atoms with Crippen molar-refractivity contribution in [2.45, 2.75) is 0 Å². The molecule has 700 valence electrons. The van der Waals surface area contributed by atoms with Crippen LogP contribution in [0, 0.1) is 0 Å². The lowest BCUT2D eigenvalue weighted by Crippen LogP contribution is -2.24. The molecule has 6 aromatic heterocycles. The summed E-state index contributed by atoms with van der Waals surface area (Å²) in [6, 6.07) is 187. The van der Waals surface area contributed by atoms with Gasteiger partial charge in [-0.2, -0.15) is 0 Å². The molecule has 6 heterocycles. The maximum atomic E-state index is 15.0. The van der Waals surface area contributed by atoms with Crippen molar-refractivity contribution >= 4 is 238 Å². The van der Waals surface area contributed by atoms with Gasteiger partial charge in [0.15, 0.2) is 21.4 Å². The highest BCUT2D eigenvalue weighted by Gasteiger charge is 2.34. The van der Waals surface area contributed by atoms with Crippen LogP contribution in [0.15, 0.2) is 540 Å². The van der Waals surface area contributed by atoms with E-state index in [0.717, 1.165) is 180 Å². The molecule has 0 radical (unpaired) electrons. The van der Waals surface area contributed by atoms with Crippen LogP contribution in [-0.2, 0) is 13.7 Å². The largest absolute Gasteiger partial charge is 0.309 e. The van der Waals surface area contributed by atoms with E-state index in [2.05, 4.69) is 347 Å². The Bertz CT molecular complexity index is 10700. The Morgan fingerprint density at radius 1 is 0.141 bits per heavy atom. The smallest absolute Gasteiger partial charge is 0.171 e. The molecule has 0 saturated heterocycles. The van der Waals surface area contributed by atoms with E-state index in [9.17, 15) is 4.57 Å². The second kappa shape index (κ2) is 35.9. The highest BCUT2D eigenvalue weighted by atomic mass is 31.2. The number of rotatable bonds is 13. The van der Waals surface area contributed by atoms with Crippen molar-refractivity contribution in [2.24, 2.45) is 0 Å². The van der Waals surface area contributed by atoms with Crippen LogP contribution in [0.25, 0.3) is 213 Å². The molecule has 0 aliphatic carbocycles. The summed E-state index contributed by atoms with van der Waals surface area (Å²) < 4.78 is 51.8. The molecule has 9 nitrogen and oxygen atoms in total.